The summed E-state index contributed by atoms with van der Waals surface area (Å²) in [6, 6.07) is 2.18. The van der Waals surface area contributed by atoms with Gasteiger partial charge in [-0.2, -0.15) is 5.10 Å². The zero-order valence-electron chi connectivity index (χ0n) is 10.6. The van der Waals surface area contributed by atoms with Gasteiger partial charge < -0.3 is 4.74 Å². The molecule has 1 aromatic rings. The molecule has 0 saturated heterocycles. The number of nitrogens with two attached hydrogens (primary N) is 1. The molecule has 1 heterocycles. The number of nitrogens with one attached hydrogen (secondary N) is 1. The summed E-state index contributed by atoms with van der Waals surface area (Å²) in [5, 5.41) is 4.39. The van der Waals surface area contributed by atoms with Crippen molar-refractivity contribution in [1.29, 1.82) is 0 Å². The van der Waals surface area contributed by atoms with Crippen molar-refractivity contribution < 1.29 is 4.74 Å². The smallest absolute Gasteiger partial charge is 0.0773 e. The van der Waals surface area contributed by atoms with Gasteiger partial charge in [0.1, 0.15) is 0 Å². The first-order chi connectivity index (χ1) is 8.24. The predicted octanol–water partition coefficient (Wildman–Crippen LogP) is 0.610. The van der Waals surface area contributed by atoms with Crippen molar-refractivity contribution in [2.24, 2.45) is 18.8 Å². The summed E-state index contributed by atoms with van der Waals surface area (Å²) >= 11 is 0. The molecule has 2 rings (SSSR count). The fourth-order valence-corrected chi connectivity index (χ4v) is 2.27. The van der Waals surface area contributed by atoms with Crippen LogP contribution in [0.3, 0.4) is 0 Å². The van der Waals surface area contributed by atoms with Gasteiger partial charge in [0.15, 0.2) is 0 Å². The van der Waals surface area contributed by atoms with E-state index in [0.29, 0.717) is 5.92 Å². The first-order valence-electron chi connectivity index (χ1n) is 6.30. The molecule has 0 aliphatic heterocycles. The zero-order chi connectivity index (χ0) is 12.3. The Kier molecular flexibility index (Phi) is 4.15. The Hall–Kier alpha value is -0.910. The highest BCUT2D eigenvalue weighted by molar-refractivity contribution is 5.04. The minimum atomic E-state index is 0.150. The summed E-state index contributed by atoms with van der Waals surface area (Å²) in [6.07, 6.45) is 5.50. The van der Waals surface area contributed by atoms with Crippen molar-refractivity contribution in [3.63, 3.8) is 0 Å². The molecule has 0 bridgehead atoms. The van der Waals surface area contributed by atoms with Crippen molar-refractivity contribution in [2.45, 2.75) is 38.3 Å². The number of aromatic nitrogens is 2. The van der Waals surface area contributed by atoms with E-state index in [1.165, 1.54) is 12.8 Å². The van der Waals surface area contributed by atoms with Gasteiger partial charge in [0.2, 0.25) is 0 Å². The Labute approximate surface area is 102 Å². The molecule has 96 valence electrons. The van der Waals surface area contributed by atoms with E-state index in [1.54, 1.807) is 0 Å². The third-order valence-corrected chi connectivity index (χ3v) is 3.25. The Balaban J connectivity index is 1.98. The minimum absolute atomic E-state index is 0.150. The van der Waals surface area contributed by atoms with Crippen LogP contribution in [0.2, 0.25) is 0 Å². The normalized spacial score (nSPS) is 19.2. The van der Waals surface area contributed by atoms with Crippen LogP contribution in [0.1, 0.15) is 25.5 Å². The molecule has 5 heteroatoms. The largest absolute Gasteiger partial charge is 0.377 e. The lowest BCUT2D eigenvalue weighted by molar-refractivity contribution is 0.0189. The molecule has 3 N–H and O–H groups in total. The van der Waals surface area contributed by atoms with Crippen molar-refractivity contribution in [2.75, 3.05) is 6.61 Å². The topological polar surface area (TPSA) is 65.1 Å². The predicted molar refractivity (Wildman–Crippen MR) is 66.2 cm³/mol. The van der Waals surface area contributed by atoms with Gasteiger partial charge in [-0.1, -0.05) is 0 Å². The molecule has 17 heavy (non-hydrogen) atoms. The average Bonchev–Trinajstić information content (AvgIpc) is 3.07. The van der Waals surface area contributed by atoms with Crippen molar-refractivity contribution in [3.8, 4) is 0 Å². The second-order valence-corrected chi connectivity index (χ2v) is 4.72. The molecule has 2 unspecified atom stereocenters. The van der Waals surface area contributed by atoms with Crippen LogP contribution in [0.4, 0.5) is 0 Å². The maximum Gasteiger partial charge on any atom is 0.0773 e. The number of nitrogens with zero attached hydrogens (tertiary/aromatic N) is 2. The van der Waals surface area contributed by atoms with E-state index in [9.17, 15) is 0 Å². The van der Waals surface area contributed by atoms with Gasteiger partial charge in [0.25, 0.3) is 0 Å². The Bertz CT molecular complexity index is 348. The third-order valence-electron chi connectivity index (χ3n) is 3.25. The van der Waals surface area contributed by atoms with Crippen LogP contribution in [0.25, 0.3) is 0 Å². The first-order valence-corrected chi connectivity index (χ1v) is 6.30. The number of ether oxygens (including phenoxy) is 1. The summed E-state index contributed by atoms with van der Waals surface area (Å²) in [5.74, 6) is 6.33. The molecule has 2 atom stereocenters. The van der Waals surface area contributed by atoms with Crippen LogP contribution in [0, 0.1) is 5.92 Å². The summed E-state index contributed by atoms with van der Waals surface area (Å²) < 4.78 is 7.64. The number of hydrogen-bond acceptors (Lipinski definition) is 4. The maximum absolute atomic E-state index is 5.82. The zero-order valence-corrected chi connectivity index (χ0v) is 10.6. The van der Waals surface area contributed by atoms with Crippen LogP contribution >= 0.6 is 0 Å². The quantitative estimate of drug-likeness (QED) is 0.539. The second-order valence-electron chi connectivity index (χ2n) is 4.72. The van der Waals surface area contributed by atoms with Crippen LogP contribution in [-0.2, 0) is 18.2 Å². The highest BCUT2D eigenvalue weighted by atomic mass is 16.5. The number of rotatable bonds is 7. The average molecular weight is 238 g/mol. The first kappa shape index (κ1) is 12.5. The molecule has 1 aliphatic carbocycles. The third kappa shape index (κ3) is 3.28. The fraction of sp³-hybridized carbons (Fsp3) is 0.750. The highest BCUT2D eigenvalue weighted by Gasteiger charge is 2.37. The number of hydrogen-bond donors (Lipinski definition) is 2. The van der Waals surface area contributed by atoms with Crippen molar-refractivity contribution in [3.05, 3.63) is 18.0 Å². The summed E-state index contributed by atoms with van der Waals surface area (Å²) in [5.41, 5.74) is 3.95. The molecular formula is C12H22N4O. The van der Waals surface area contributed by atoms with Gasteiger partial charge in [-0.25, -0.2) is 0 Å². The lowest BCUT2D eigenvalue weighted by Crippen LogP contribution is -2.47. The Morgan fingerprint density at radius 1 is 1.65 bits per heavy atom. The van der Waals surface area contributed by atoms with Gasteiger partial charge in [-0.3, -0.25) is 16.0 Å². The molecule has 1 aliphatic rings. The monoisotopic (exact) mass is 238 g/mol. The van der Waals surface area contributed by atoms with E-state index in [2.05, 4.69) is 10.5 Å². The van der Waals surface area contributed by atoms with E-state index < -0.39 is 0 Å². The van der Waals surface area contributed by atoms with E-state index in [-0.39, 0.29) is 12.1 Å². The van der Waals surface area contributed by atoms with Crippen LogP contribution in [0.5, 0.6) is 0 Å². The lowest BCUT2D eigenvalue weighted by Gasteiger charge is -2.25. The second kappa shape index (κ2) is 5.62. The molecule has 0 spiro atoms. The fourth-order valence-electron chi connectivity index (χ4n) is 2.27. The van der Waals surface area contributed by atoms with Gasteiger partial charge in [-0.15, -0.1) is 0 Å². The molecule has 5 nitrogen and oxygen atoms in total. The van der Waals surface area contributed by atoms with Gasteiger partial charge >= 0.3 is 0 Å². The Morgan fingerprint density at radius 2 is 2.41 bits per heavy atom. The highest BCUT2D eigenvalue weighted by Crippen LogP contribution is 2.36. The molecule has 0 amide bonds. The maximum atomic E-state index is 5.82. The number of hydrazine groups is 1. The van der Waals surface area contributed by atoms with E-state index >= 15 is 0 Å². The van der Waals surface area contributed by atoms with Crippen LogP contribution < -0.4 is 11.3 Å². The summed E-state index contributed by atoms with van der Waals surface area (Å²) in [7, 11) is 1.93. The van der Waals surface area contributed by atoms with E-state index in [1.807, 2.05) is 30.9 Å². The Morgan fingerprint density at radius 3 is 2.88 bits per heavy atom. The summed E-state index contributed by atoms with van der Waals surface area (Å²) in [4.78, 5) is 0. The van der Waals surface area contributed by atoms with Crippen LogP contribution in [-0.4, -0.2) is 28.5 Å². The molecule has 1 aromatic heterocycles. The molecule has 1 fully saturated rings. The van der Waals surface area contributed by atoms with Crippen molar-refractivity contribution >= 4 is 0 Å². The minimum Gasteiger partial charge on any atom is -0.377 e. The molecule has 0 aromatic carbocycles. The molecular weight excluding hydrogens is 216 g/mol. The van der Waals surface area contributed by atoms with E-state index in [0.717, 1.165) is 18.7 Å². The molecule has 0 radical (unpaired) electrons. The van der Waals surface area contributed by atoms with Crippen molar-refractivity contribution in [1.82, 2.24) is 15.2 Å². The van der Waals surface area contributed by atoms with Gasteiger partial charge in [0, 0.05) is 26.3 Å². The summed E-state index contributed by atoms with van der Waals surface area (Å²) in [6.45, 7) is 2.77. The molecule has 1 saturated carbocycles. The SMILES string of the molecule is CCOC(C1CC1)C(Cc1ccn(C)n1)NN. The van der Waals surface area contributed by atoms with Gasteiger partial charge in [-0.05, 0) is 31.7 Å². The van der Waals surface area contributed by atoms with Crippen LogP contribution in [0.15, 0.2) is 12.3 Å². The van der Waals surface area contributed by atoms with E-state index in [4.69, 9.17) is 10.6 Å². The lowest BCUT2D eigenvalue weighted by atomic mass is 10.0. The standard InChI is InChI=1S/C12H22N4O/c1-3-17-12(9-4-5-9)11(14-13)8-10-6-7-16(2)15-10/h6-7,9,11-12,14H,3-5,8,13H2,1-2H3. The number of aryl methyl sites for hydroxylation is 1. The van der Waals surface area contributed by atoms with Gasteiger partial charge in [0.05, 0.1) is 17.8 Å².